The van der Waals surface area contributed by atoms with Crippen molar-refractivity contribution in [3.05, 3.63) is 42.4 Å². The molecule has 1 saturated carbocycles. The van der Waals surface area contributed by atoms with E-state index in [1.54, 1.807) is 41.3 Å². The number of aliphatic carboxylic acids is 1. The summed E-state index contributed by atoms with van der Waals surface area (Å²) < 4.78 is 1.59. The zero-order chi connectivity index (χ0) is 16.2. The Morgan fingerprint density at radius 3 is 2.61 bits per heavy atom. The lowest BCUT2D eigenvalue weighted by molar-refractivity contribution is -0.142. The van der Waals surface area contributed by atoms with E-state index in [0.717, 1.165) is 0 Å². The Balaban J connectivity index is 1.63. The summed E-state index contributed by atoms with van der Waals surface area (Å²) in [5, 5.41) is 16.0. The van der Waals surface area contributed by atoms with E-state index in [2.05, 4.69) is 15.4 Å². The highest BCUT2D eigenvalue weighted by Crippen LogP contribution is 2.24. The third kappa shape index (κ3) is 3.56. The van der Waals surface area contributed by atoms with Gasteiger partial charge in [-0.1, -0.05) is 6.07 Å². The number of aromatic nitrogens is 3. The van der Waals surface area contributed by atoms with Gasteiger partial charge >= 0.3 is 5.97 Å². The van der Waals surface area contributed by atoms with Crippen LogP contribution in [0.15, 0.2) is 36.7 Å². The highest BCUT2D eigenvalue weighted by atomic mass is 16.4. The molecule has 2 aromatic heterocycles. The van der Waals surface area contributed by atoms with Crippen LogP contribution in [0, 0.1) is 5.92 Å². The Bertz CT molecular complexity index is 691. The van der Waals surface area contributed by atoms with Crippen LogP contribution in [-0.4, -0.2) is 37.8 Å². The minimum Gasteiger partial charge on any atom is -0.481 e. The fourth-order valence-electron chi connectivity index (χ4n) is 2.83. The lowest BCUT2D eigenvalue weighted by Crippen LogP contribution is -2.39. The maximum Gasteiger partial charge on any atom is 0.306 e. The monoisotopic (exact) mass is 314 g/mol. The smallest absolute Gasteiger partial charge is 0.306 e. The molecule has 7 nitrogen and oxygen atoms in total. The second-order valence-corrected chi connectivity index (χ2v) is 5.69. The Morgan fingerprint density at radius 2 is 1.96 bits per heavy atom. The summed E-state index contributed by atoms with van der Waals surface area (Å²) in [4.78, 5) is 27.6. The van der Waals surface area contributed by atoms with E-state index in [4.69, 9.17) is 5.11 Å². The summed E-state index contributed by atoms with van der Waals surface area (Å²) in [5.74, 6) is -0.692. The van der Waals surface area contributed by atoms with E-state index >= 15 is 0 Å². The van der Waals surface area contributed by atoms with Crippen LogP contribution in [0.5, 0.6) is 0 Å². The summed E-state index contributed by atoms with van der Waals surface area (Å²) in [6.45, 7) is 0. The molecule has 0 atom stereocenters. The van der Waals surface area contributed by atoms with Crippen LogP contribution in [-0.2, 0) is 4.79 Å². The number of carbonyl (C=O) groups excluding carboxylic acids is 1. The predicted octanol–water partition coefficient (Wildman–Crippen LogP) is 1.64. The van der Waals surface area contributed by atoms with Crippen LogP contribution in [0.1, 0.15) is 36.2 Å². The molecule has 0 saturated heterocycles. The van der Waals surface area contributed by atoms with Gasteiger partial charge in [-0.25, -0.2) is 9.67 Å². The van der Waals surface area contributed by atoms with Crippen LogP contribution in [0.2, 0.25) is 0 Å². The first-order valence-electron chi connectivity index (χ1n) is 7.64. The Kier molecular flexibility index (Phi) is 4.36. The number of nitrogens with zero attached hydrogens (tertiary/aromatic N) is 3. The molecule has 2 heterocycles. The highest BCUT2D eigenvalue weighted by Gasteiger charge is 2.27. The largest absolute Gasteiger partial charge is 0.481 e. The van der Waals surface area contributed by atoms with E-state index in [1.165, 1.54) is 0 Å². The van der Waals surface area contributed by atoms with E-state index < -0.39 is 5.97 Å². The summed E-state index contributed by atoms with van der Waals surface area (Å²) in [7, 11) is 0. The number of carbonyl (C=O) groups is 2. The Hall–Kier alpha value is -2.70. The summed E-state index contributed by atoms with van der Waals surface area (Å²) in [6, 6.07) is 7.00. The van der Waals surface area contributed by atoms with Gasteiger partial charge in [0.2, 0.25) is 0 Å². The quantitative estimate of drug-likeness (QED) is 0.894. The molecular formula is C16H18N4O3. The maximum absolute atomic E-state index is 12.3. The predicted molar refractivity (Wildman–Crippen MR) is 82.2 cm³/mol. The third-order valence-electron chi connectivity index (χ3n) is 4.12. The van der Waals surface area contributed by atoms with Crippen molar-refractivity contribution in [1.82, 2.24) is 20.1 Å². The lowest BCUT2D eigenvalue weighted by atomic mass is 9.86. The second-order valence-electron chi connectivity index (χ2n) is 5.69. The van der Waals surface area contributed by atoms with Crippen LogP contribution in [0.3, 0.4) is 0 Å². The normalized spacial score (nSPS) is 20.9. The van der Waals surface area contributed by atoms with Crippen molar-refractivity contribution in [2.45, 2.75) is 31.7 Å². The van der Waals surface area contributed by atoms with Crippen LogP contribution < -0.4 is 5.32 Å². The first-order chi connectivity index (χ1) is 11.1. The molecule has 1 amide bonds. The zero-order valence-electron chi connectivity index (χ0n) is 12.6. The molecule has 1 aliphatic carbocycles. The van der Waals surface area contributed by atoms with Gasteiger partial charge in [-0.05, 0) is 43.9 Å². The molecule has 23 heavy (non-hydrogen) atoms. The lowest BCUT2D eigenvalue weighted by Gasteiger charge is -2.26. The van der Waals surface area contributed by atoms with Crippen molar-refractivity contribution < 1.29 is 14.7 Å². The topological polar surface area (TPSA) is 97.1 Å². The number of carboxylic acids is 1. The Morgan fingerprint density at radius 1 is 1.17 bits per heavy atom. The molecule has 7 heteroatoms. The first kappa shape index (κ1) is 15.2. The zero-order valence-corrected chi connectivity index (χ0v) is 12.6. The minimum absolute atomic E-state index is 0.00765. The van der Waals surface area contributed by atoms with E-state index in [1.807, 2.05) is 0 Å². The number of pyridine rings is 1. The standard InChI is InChI=1S/C16H18N4O3/c21-15(18-12-7-5-11(6-8-12)16(22)23)13-3-1-4-14(19-13)20-10-2-9-17-20/h1-4,9-12H,5-8H2,(H,18,21)(H,22,23). The van der Waals surface area contributed by atoms with E-state index in [0.29, 0.717) is 37.2 Å². The molecule has 0 aliphatic heterocycles. The molecular weight excluding hydrogens is 296 g/mol. The number of rotatable bonds is 4. The van der Waals surface area contributed by atoms with Crippen molar-refractivity contribution in [1.29, 1.82) is 0 Å². The van der Waals surface area contributed by atoms with Crippen molar-refractivity contribution in [3.63, 3.8) is 0 Å². The fraction of sp³-hybridized carbons (Fsp3) is 0.375. The van der Waals surface area contributed by atoms with Crippen molar-refractivity contribution in [2.24, 2.45) is 5.92 Å². The van der Waals surface area contributed by atoms with Gasteiger partial charge in [-0.15, -0.1) is 0 Å². The van der Waals surface area contributed by atoms with Gasteiger partial charge in [0.05, 0.1) is 5.92 Å². The molecule has 1 aliphatic rings. The molecule has 3 rings (SSSR count). The number of amides is 1. The number of hydrogen-bond donors (Lipinski definition) is 2. The summed E-state index contributed by atoms with van der Waals surface area (Å²) >= 11 is 0. The van der Waals surface area contributed by atoms with Crippen molar-refractivity contribution >= 4 is 11.9 Å². The van der Waals surface area contributed by atoms with Gasteiger partial charge in [-0.3, -0.25) is 9.59 Å². The SMILES string of the molecule is O=C(NC1CCC(C(=O)O)CC1)c1cccc(-n2cccn2)n1. The van der Waals surface area contributed by atoms with E-state index in [9.17, 15) is 9.59 Å². The summed E-state index contributed by atoms with van der Waals surface area (Å²) in [5.41, 5.74) is 0.332. The molecule has 0 radical (unpaired) electrons. The number of carboxylic acid groups (broad SMARTS) is 1. The average Bonchev–Trinajstić information content (AvgIpc) is 3.10. The van der Waals surface area contributed by atoms with Crippen LogP contribution in [0.25, 0.3) is 5.82 Å². The molecule has 1 fully saturated rings. The molecule has 0 spiro atoms. The average molecular weight is 314 g/mol. The van der Waals surface area contributed by atoms with Crippen LogP contribution in [0.4, 0.5) is 0 Å². The van der Waals surface area contributed by atoms with E-state index in [-0.39, 0.29) is 17.9 Å². The third-order valence-corrected chi connectivity index (χ3v) is 4.12. The molecule has 2 aromatic rings. The number of nitrogens with one attached hydrogen (secondary N) is 1. The van der Waals surface area contributed by atoms with Crippen molar-refractivity contribution in [3.8, 4) is 5.82 Å². The molecule has 0 aromatic carbocycles. The van der Waals surface area contributed by atoms with Gasteiger partial charge in [0, 0.05) is 18.4 Å². The highest BCUT2D eigenvalue weighted by molar-refractivity contribution is 5.92. The molecule has 0 bridgehead atoms. The summed E-state index contributed by atoms with van der Waals surface area (Å²) in [6.07, 6.45) is 5.97. The van der Waals surface area contributed by atoms with Gasteiger partial charge in [0.15, 0.2) is 5.82 Å². The van der Waals surface area contributed by atoms with Gasteiger partial charge < -0.3 is 10.4 Å². The first-order valence-corrected chi connectivity index (χ1v) is 7.64. The number of hydrogen-bond acceptors (Lipinski definition) is 4. The Labute approximate surface area is 133 Å². The molecule has 2 N–H and O–H groups in total. The van der Waals surface area contributed by atoms with Crippen LogP contribution >= 0.6 is 0 Å². The minimum atomic E-state index is -0.747. The van der Waals surface area contributed by atoms with Gasteiger partial charge in [0.25, 0.3) is 5.91 Å². The van der Waals surface area contributed by atoms with Gasteiger partial charge in [0.1, 0.15) is 5.69 Å². The maximum atomic E-state index is 12.3. The molecule has 120 valence electrons. The van der Waals surface area contributed by atoms with Gasteiger partial charge in [-0.2, -0.15) is 5.10 Å². The van der Waals surface area contributed by atoms with Crippen molar-refractivity contribution in [2.75, 3.05) is 0 Å². The second kappa shape index (κ2) is 6.60. The fourth-order valence-corrected chi connectivity index (χ4v) is 2.83. The molecule has 0 unspecified atom stereocenters.